The van der Waals surface area contributed by atoms with Gasteiger partial charge in [-0.05, 0) is 63.4 Å². The molecule has 1 aromatic rings. The molecule has 6 nitrogen and oxygen atoms in total. The van der Waals surface area contributed by atoms with Crippen LogP contribution in [0.4, 0.5) is 5.69 Å². The Labute approximate surface area is 177 Å². The smallest absolute Gasteiger partial charge is 0.255 e. The number of nitrogens with zero attached hydrogens (tertiary/aromatic N) is 1. The summed E-state index contributed by atoms with van der Waals surface area (Å²) in [7, 11) is 1.62. The quantitative estimate of drug-likeness (QED) is 0.752. The average molecular weight is 430 g/mol. The van der Waals surface area contributed by atoms with E-state index >= 15 is 0 Å². The van der Waals surface area contributed by atoms with Crippen molar-refractivity contribution in [2.24, 2.45) is 5.41 Å². The summed E-state index contributed by atoms with van der Waals surface area (Å²) in [5, 5.41) is 6.62. The highest BCUT2D eigenvalue weighted by molar-refractivity contribution is 6.34. The van der Waals surface area contributed by atoms with Crippen LogP contribution < -0.4 is 10.6 Å². The number of likely N-dealkylation sites (tertiary alicyclic amines) is 1. The summed E-state index contributed by atoms with van der Waals surface area (Å²) in [5.74, 6) is -0.0937. The molecule has 28 heavy (non-hydrogen) atoms. The van der Waals surface area contributed by atoms with Crippen molar-refractivity contribution in [2.45, 2.75) is 32.1 Å². The van der Waals surface area contributed by atoms with Crippen molar-refractivity contribution in [1.82, 2.24) is 10.2 Å². The largest absolute Gasteiger partial charge is 0.384 e. The third-order valence-electron chi connectivity index (χ3n) is 5.56. The maximum atomic E-state index is 12.9. The second-order valence-corrected chi connectivity index (χ2v) is 7.87. The second kappa shape index (κ2) is 10.4. The van der Waals surface area contributed by atoms with Crippen molar-refractivity contribution in [1.29, 1.82) is 0 Å². The van der Waals surface area contributed by atoms with Crippen molar-refractivity contribution in [2.75, 3.05) is 45.2 Å². The fourth-order valence-electron chi connectivity index (χ4n) is 3.92. The van der Waals surface area contributed by atoms with E-state index in [4.69, 9.17) is 16.3 Å². The highest BCUT2D eigenvalue weighted by atomic mass is 35.5. The molecule has 0 unspecified atom stereocenters. The Morgan fingerprint density at radius 3 is 2.50 bits per heavy atom. The van der Waals surface area contributed by atoms with E-state index in [2.05, 4.69) is 10.6 Å². The summed E-state index contributed by atoms with van der Waals surface area (Å²) in [4.78, 5) is 27.4. The highest BCUT2D eigenvalue weighted by Crippen LogP contribution is 2.32. The molecule has 2 aliphatic rings. The number of benzene rings is 1. The van der Waals surface area contributed by atoms with Gasteiger partial charge in [-0.1, -0.05) is 11.6 Å². The summed E-state index contributed by atoms with van der Waals surface area (Å²) >= 11 is 6.38. The number of carbonyl (C=O) groups is 2. The summed E-state index contributed by atoms with van der Waals surface area (Å²) in [6.45, 7) is 3.53. The van der Waals surface area contributed by atoms with Crippen LogP contribution in [0.15, 0.2) is 18.2 Å². The van der Waals surface area contributed by atoms with Gasteiger partial charge in [-0.15, -0.1) is 12.4 Å². The van der Waals surface area contributed by atoms with Gasteiger partial charge in [0, 0.05) is 25.9 Å². The molecular formula is C20H29Cl2N3O3. The molecule has 2 fully saturated rings. The van der Waals surface area contributed by atoms with E-state index in [-0.39, 0.29) is 24.2 Å². The summed E-state index contributed by atoms with van der Waals surface area (Å²) in [6, 6.07) is 5.13. The maximum absolute atomic E-state index is 12.9. The Balaban J connectivity index is 0.00000280. The van der Waals surface area contributed by atoms with E-state index in [1.165, 1.54) is 6.42 Å². The lowest BCUT2D eigenvalue weighted by atomic mass is 9.78. The molecule has 156 valence electrons. The lowest BCUT2D eigenvalue weighted by molar-refractivity contribution is -0.130. The van der Waals surface area contributed by atoms with Crippen molar-refractivity contribution in [3.05, 3.63) is 28.8 Å². The van der Waals surface area contributed by atoms with E-state index in [1.807, 2.05) is 4.90 Å². The molecule has 2 saturated heterocycles. The Kier molecular flexibility index (Phi) is 8.56. The molecule has 0 aromatic heterocycles. The van der Waals surface area contributed by atoms with Gasteiger partial charge in [0.25, 0.3) is 5.91 Å². The number of carbonyl (C=O) groups excluding carboxylic acids is 2. The van der Waals surface area contributed by atoms with E-state index in [1.54, 1.807) is 25.3 Å². The van der Waals surface area contributed by atoms with Gasteiger partial charge < -0.3 is 20.3 Å². The summed E-state index contributed by atoms with van der Waals surface area (Å²) in [6.07, 6.45) is 4.70. The highest BCUT2D eigenvalue weighted by Gasteiger charge is 2.39. The van der Waals surface area contributed by atoms with Crippen LogP contribution in [0.25, 0.3) is 0 Å². The van der Waals surface area contributed by atoms with Gasteiger partial charge in [-0.2, -0.15) is 0 Å². The second-order valence-electron chi connectivity index (χ2n) is 7.46. The molecule has 0 bridgehead atoms. The van der Waals surface area contributed by atoms with Gasteiger partial charge in [0.1, 0.15) is 0 Å². The third-order valence-corrected chi connectivity index (χ3v) is 5.88. The number of halogens is 2. The number of amides is 2. The predicted octanol–water partition coefficient (Wildman–Crippen LogP) is 3.34. The molecule has 3 rings (SSSR count). The first-order valence-electron chi connectivity index (χ1n) is 9.66. The molecule has 2 aliphatic heterocycles. The topological polar surface area (TPSA) is 70.7 Å². The number of methoxy groups -OCH3 is 1. The standard InChI is InChI=1S/C20H28ClN3O3.ClH/c1-27-14-20(7-9-22-10-8-20)19(26)23-15-5-6-16(17(21)13-15)18(25)24-11-3-2-4-12-24;/h5-6,13,22H,2-4,7-12,14H2,1H3,(H,23,26);1H. The fourth-order valence-corrected chi connectivity index (χ4v) is 4.18. The van der Waals surface area contributed by atoms with Crippen LogP contribution in [0.1, 0.15) is 42.5 Å². The number of hydrogen-bond donors (Lipinski definition) is 2. The number of anilines is 1. The van der Waals surface area contributed by atoms with Crippen LogP contribution in [-0.4, -0.2) is 56.6 Å². The first-order valence-corrected chi connectivity index (χ1v) is 10.0. The first-order chi connectivity index (χ1) is 13.1. The SMILES string of the molecule is COCC1(C(=O)Nc2ccc(C(=O)N3CCCCC3)c(Cl)c2)CCNCC1.Cl. The van der Waals surface area contributed by atoms with E-state index < -0.39 is 5.41 Å². The Hall–Kier alpha value is -1.34. The zero-order valence-electron chi connectivity index (χ0n) is 16.3. The van der Waals surface area contributed by atoms with Crippen molar-refractivity contribution in [3.8, 4) is 0 Å². The monoisotopic (exact) mass is 429 g/mol. The number of rotatable bonds is 5. The lowest BCUT2D eigenvalue weighted by Gasteiger charge is -2.35. The zero-order chi connectivity index (χ0) is 19.3. The molecule has 0 aliphatic carbocycles. The predicted molar refractivity (Wildman–Crippen MR) is 113 cm³/mol. The van der Waals surface area contributed by atoms with Gasteiger partial charge in [0.15, 0.2) is 0 Å². The Morgan fingerprint density at radius 1 is 1.21 bits per heavy atom. The van der Waals surface area contributed by atoms with Crippen molar-refractivity contribution in [3.63, 3.8) is 0 Å². The van der Waals surface area contributed by atoms with E-state index in [0.717, 1.165) is 51.9 Å². The zero-order valence-corrected chi connectivity index (χ0v) is 17.8. The van der Waals surface area contributed by atoms with Gasteiger partial charge in [-0.25, -0.2) is 0 Å². The molecule has 2 amide bonds. The molecule has 0 saturated carbocycles. The van der Waals surface area contributed by atoms with Crippen LogP contribution >= 0.6 is 24.0 Å². The summed E-state index contributed by atoms with van der Waals surface area (Å²) in [5.41, 5.74) is 0.564. The minimum Gasteiger partial charge on any atom is -0.384 e. The van der Waals surface area contributed by atoms with Crippen LogP contribution in [0.5, 0.6) is 0 Å². The molecule has 1 aromatic carbocycles. The normalized spacial score (nSPS) is 18.9. The van der Waals surface area contributed by atoms with Gasteiger partial charge >= 0.3 is 0 Å². The molecule has 0 radical (unpaired) electrons. The number of ether oxygens (including phenoxy) is 1. The van der Waals surface area contributed by atoms with Crippen molar-refractivity contribution < 1.29 is 14.3 Å². The molecular weight excluding hydrogens is 401 g/mol. The first kappa shape index (κ1) is 22.9. The van der Waals surface area contributed by atoms with E-state index in [0.29, 0.717) is 22.9 Å². The lowest BCUT2D eigenvalue weighted by Crippen LogP contribution is -2.47. The van der Waals surface area contributed by atoms with Gasteiger partial charge in [-0.3, -0.25) is 9.59 Å². The average Bonchev–Trinajstić information content (AvgIpc) is 2.69. The van der Waals surface area contributed by atoms with Crippen LogP contribution in [0, 0.1) is 5.41 Å². The molecule has 8 heteroatoms. The van der Waals surface area contributed by atoms with E-state index in [9.17, 15) is 9.59 Å². The molecule has 0 atom stereocenters. The third kappa shape index (κ3) is 5.17. The fraction of sp³-hybridized carbons (Fsp3) is 0.600. The summed E-state index contributed by atoms with van der Waals surface area (Å²) < 4.78 is 5.32. The van der Waals surface area contributed by atoms with Crippen LogP contribution in [-0.2, 0) is 9.53 Å². The van der Waals surface area contributed by atoms with Crippen LogP contribution in [0.3, 0.4) is 0 Å². The molecule has 0 spiro atoms. The number of nitrogens with one attached hydrogen (secondary N) is 2. The Bertz CT molecular complexity index is 682. The molecule has 2 N–H and O–H groups in total. The minimum absolute atomic E-state index is 0. The maximum Gasteiger partial charge on any atom is 0.255 e. The minimum atomic E-state index is -0.533. The Morgan fingerprint density at radius 2 is 1.89 bits per heavy atom. The molecule has 2 heterocycles. The number of hydrogen-bond acceptors (Lipinski definition) is 4. The van der Waals surface area contributed by atoms with Crippen molar-refractivity contribution >= 4 is 41.5 Å². The van der Waals surface area contributed by atoms with Crippen LogP contribution in [0.2, 0.25) is 5.02 Å². The van der Waals surface area contributed by atoms with Gasteiger partial charge in [0.2, 0.25) is 5.91 Å². The number of piperidine rings is 2. The van der Waals surface area contributed by atoms with Gasteiger partial charge in [0.05, 0.1) is 22.6 Å².